The van der Waals surface area contributed by atoms with Crippen molar-refractivity contribution >= 4 is 0 Å². The monoisotopic (exact) mass is 289 g/mol. The van der Waals surface area contributed by atoms with E-state index in [1.54, 1.807) is 0 Å². The predicted octanol–water partition coefficient (Wildman–Crippen LogP) is 3.75. The van der Waals surface area contributed by atoms with Crippen LogP contribution in [-0.2, 0) is 13.0 Å². The van der Waals surface area contributed by atoms with Crippen molar-refractivity contribution < 1.29 is 13.5 Å². The lowest BCUT2D eigenvalue weighted by Crippen LogP contribution is -2.12. The van der Waals surface area contributed by atoms with Crippen molar-refractivity contribution in [2.75, 3.05) is 7.05 Å². The molecule has 1 aliphatic rings. The molecule has 0 fully saturated rings. The summed E-state index contributed by atoms with van der Waals surface area (Å²) in [5, 5.41) is 3.26. The number of ether oxygens (including phenoxy) is 1. The van der Waals surface area contributed by atoms with E-state index in [0.717, 1.165) is 18.4 Å². The number of nitrogens with one attached hydrogen (secondary N) is 1. The van der Waals surface area contributed by atoms with Crippen LogP contribution in [0.4, 0.5) is 8.78 Å². The second kappa shape index (κ2) is 5.82. The van der Waals surface area contributed by atoms with Crippen LogP contribution in [0.5, 0.6) is 5.75 Å². The minimum Gasteiger partial charge on any atom is -0.488 e. The molecular formula is C17H17F2NO. The first-order valence-electron chi connectivity index (χ1n) is 7.05. The van der Waals surface area contributed by atoms with Gasteiger partial charge in [-0.05, 0) is 49.2 Å². The van der Waals surface area contributed by atoms with Gasteiger partial charge in [0.15, 0.2) is 0 Å². The molecule has 0 amide bonds. The summed E-state index contributed by atoms with van der Waals surface area (Å²) in [5.41, 5.74) is 2.32. The molecule has 1 unspecified atom stereocenters. The van der Waals surface area contributed by atoms with Crippen molar-refractivity contribution in [3.8, 4) is 5.75 Å². The van der Waals surface area contributed by atoms with Crippen LogP contribution in [0.1, 0.15) is 29.2 Å². The Morgan fingerprint density at radius 2 is 1.86 bits per heavy atom. The van der Waals surface area contributed by atoms with Gasteiger partial charge in [-0.15, -0.1) is 0 Å². The third kappa shape index (κ3) is 2.63. The van der Waals surface area contributed by atoms with Gasteiger partial charge in [0.05, 0.1) is 5.56 Å². The Balaban J connectivity index is 1.82. The van der Waals surface area contributed by atoms with E-state index in [9.17, 15) is 8.78 Å². The summed E-state index contributed by atoms with van der Waals surface area (Å²) in [4.78, 5) is 0. The van der Waals surface area contributed by atoms with Crippen molar-refractivity contribution in [3.63, 3.8) is 0 Å². The van der Waals surface area contributed by atoms with E-state index in [4.69, 9.17) is 4.74 Å². The largest absolute Gasteiger partial charge is 0.488 e. The van der Waals surface area contributed by atoms with Gasteiger partial charge in [0.1, 0.15) is 24.0 Å². The summed E-state index contributed by atoms with van der Waals surface area (Å²) in [6, 6.07) is 10.0. The van der Waals surface area contributed by atoms with Gasteiger partial charge >= 0.3 is 0 Å². The highest BCUT2D eigenvalue weighted by Gasteiger charge is 2.24. The van der Waals surface area contributed by atoms with Gasteiger partial charge in [0.2, 0.25) is 0 Å². The molecule has 2 aromatic rings. The van der Waals surface area contributed by atoms with E-state index in [1.165, 1.54) is 23.8 Å². The zero-order valence-corrected chi connectivity index (χ0v) is 11.8. The fourth-order valence-corrected chi connectivity index (χ4v) is 2.88. The average Bonchev–Trinajstić information content (AvgIpc) is 2.90. The second-order valence-electron chi connectivity index (χ2n) is 5.19. The SMILES string of the molecule is CNC1CCc2c(OCc3c(F)cccc3F)cccc21. The number of fused-ring (bicyclic) bond motifs is 1. The Hall–Kier alpha value is -1.94. The Morgan fingerprint density at radius 3 is 2.57 bits per heavy atom. The first-order valence-corrected chi connectivity index (χ1v) is 7.05. The second-order valence-corrected chi connectivity index (χ2v) is 5.19. The van der Waals surface area contributed by atoms with Crippen molar-refractivity contribution in [1.29, 1.82) is 0 Å². The van der Waals surface area contributed by atoms with Gasteiger partial charge in [-0.1, -0.05) is 18.2 Å². The highest BCUT2D eigenvalue weighted by atomic mass is 19.1. The van der Waals surface area contributed by atoms with Crippen LogP contribution in [0.2, 0.25) is 0 Å². The molecule has 2 aromatic carbocycles. The van der Waals surface area contributed by atoms with E-state index in [0.29, 0.717) is 11.8 Å². The quantitative estimate of drug-likeness (QED) is 0.925. The van der Waals surface area contributed by atoms with E-state index >= 15 is 0 Å². The molecule has 0 heterocycles. The summed E-state index contributed by atoms with van der Waals surface area (Å²) in [7, 11) is 1.93. The first kappa shape index (κ1) is 14.0. The Morgan fingerprint density at radius 1 is 1.14 bits per heavy atom. The maximum atomic E-state index is 13.6. The van der Waals surface area contributed by atoms with Gasteiger partial charge in [-0.2, -0.15) is 0 Å². The molecule has 110 valence electrons. The standard InChI is InChI=1S/C17H17F2NO/c1-20-16-9-8-12-11(16)4-2-7-17(12)21-10-13-14(18)5-3-6-15(13)19/h2-7,16,20H,8-10H2,1H3. The van der Waals surface area contributed by atoms with Gasteiger partial charge in [-0.3, -0.25) is 0 Å². The summed E-state index contributed by atoms with van der Waals surface area (Å²) >= 11 is 0. The smallest absolute Gasteiger partial charge is 0.132 e. The van der Waals surface area contributed by atoms with Crippen LogP contribution in [0, 0.1) is 11.6 Å². The first-order chi connectivity index (χ1) is 10.2. The molecule has 0 aliphatic heterocycles. The Labute approximate surface area is 122 Å². The average molecular weight is 289 g/mol. The molecule has 0 saturated carbocycles. The van der Waals surface area contributed by atoms with Crippen LogP contribution in [0.3, 0.4) is 0 Å². The summed E-state index contributed by atoms with van der Waals surface area (Å²) in [6.07, 6.45) is 1.93. The lowest BCUT2D eigenvalue weighted by molar-refractivity contribution is 0.290. The van der Waals surface area contributed by atoms with Gasteiger partial charge in [0, 0.05) is 6.04 Å². The number of hydrogen-bond donors (Lipinski definition) is 1. The molecule has 3 rings (SSSR count). The highest BCUT2D eigenvalue weighted by Crippen LogP contribution is 2.37. The van der Waals surface area contributed by atoms with Gasteiger partial charge < -0.3 is 10.1 Å². The molecule has 0 aromatic heterocycles. The molecule has 0 spiro atoms. The normalized spacial score (nSPS) is 16.8. The molecule has 0 saturated heterocycles. The number of hydrogen-bond acceptors (Lipinski definition) is 2. The van der Waals surface area contributed by atoms with Crippen molar-refractivity contribution in [3.05, 3.63) is 64.7 Å². The summed E-state index contributed by atoms with van der Waals surface area (Å²) < 4.78 is 32.9. The lowest BCUT2D eigenvalue weighted by Gasteiger charge is -2.13. The fourth-order valence-electron chi connectivity index (χ4n) is 2.88. The topological polar surface area (TPSA) is 21.3 Å². The van der Waals surface area contributed by atoms with Crippen molar-refractivity contribution in [2.45, 2.75) is 25.5 Å². The zero-order chi connectivity index (χ0) is 14.8. The molecule has 0 radical (unpaired) electrons. The summed E-state index contributed by atoms with van der Waals surface area (Å²) in [5.74, 6) is -0.431. The minimum atomic E-state index is -0.573. The lowest BCUT2D eigenvalue weighted by atomic mass is 10.1. The molecule has 1 atom stereocenters. The molecule has 21 heavy (non-hydrogen) atoms. The van der Waals surface area contributed by atoms with Gasteiger partial charge in [0.25, 0.3) is 0 Å². The molecule has 2 nitrogen and oxygen atoms in total. The van der Waals surface area contributed by atoms with Gasteiger partial charge in [-0.25, -0.2) is 8.78 Å². The molecule has 1 N–H and O–H groups in total. The molecule has 1 aliphatic carbocycles. The highest BCUT2D eigenvalue weighted by molar-refractivity contribution is 5.45. The predicted molar refractivity (Wildman–Crippen MR) is 77.3 cm³/mol. The minimum absolute atomic E-state index is 0.0294. The third-order valence-corrected chi connectivity index (χ3v) is 4.01. The van der Waals surface area contributed by atoms with E-state index in [-0.39, 0.29) is 12.2 Å². The van der Waals surface area contributed by atoms with E-state index < -0.39 is 11.6 Å². The van der Waals surface area contributed by atoms with Crippen molar-refractivity contribution in [2.24, 2.45) is 0 Å². The Kier molecular flexibility index (Phi) is 3.88. The van der Waals surface area contributed by atoms with E-state index in [1.807, 2.05) is 19.2 Å². The Bertz CT molecular complexity index is 637. The molecule has 4 heteroatoms. The number of halogens is 2. The summed E-state index contributed by atoms with van der Waals surface area (Å²) in [6.45, 7) is -0.0980. The van der Waals surface area contributed by atoms with Crippen LogP contribution in [-0.4, -0.2) is 7.05 Å². The van der Waals surface area contributed by atoms with Crippen LogP contribution in [0.25, 0.3) is 0 Å². The maximum absolute atomic E-state index is 13.6. The molecule has 0 bridgehead atoms. The molecular weight excluding hydrogens is 272 g/mol. The van der Waals surface area contributed by atoms with Crippen LogP contribution >= 0.6 is 0 Å². The van der Waals surface area contributed by atoms with E-state index in [2.05, 4.69) is 11.4 Å². The van der Waals surface area contributed by atoms with Crippen molar-refractivity contribution in [1.82, 2.24) is 5.32 Å². The third-order valence-electron chi connectivity index (χ3n) is 4.01. The number of benzene rings is 2. The maximum Gasteiger partial charge on any atom is 0.132 e. The number of rotatable bonds is 4. The zero-order valence-electron chi connectivity index (χ0n) is 11.8. The van der Waals surface area contributed by atoms with Crippen LogP contribution < -0.4 is 10.1 Å². The van der Waals surface area contributed by atoms with Crippen LogP contribution in [0.15, 0.2) is 36.4 Å². The fraction of sp³-hybridized carbons (Fsp3) is 0.294.